The Labute approximate surface area is 119 Å². The summed E-state index contributed by atoms with van der Waals surface area (Å²) in [7, 11) is 1.60. The molecule has 0 aliphatic heterocycles. The molecule has 4 nitrogen and oxygen atoms in total. The molecule has 0 aliphatic carbocycles. The highest BCUT2D eigenvalue weighted by Crippen LogP contribution is 2.27. The lowest BCUT2D eigenvalue weighted by atomic mass is 10.1. The largest absolute Gasteiger partial charge is 0.391 e. The van der Waals surface area contributed by atoms with Crippen LogP contribution in [0.4, 0.5) is 5.69 Å². The van der Waals surface area contributed by atoms with Gasteiger partial charge in [0, 0.05) is 30.4 Å². The number of nitrogens with one attached hydrogen (secondary N) is 1. The van der Waals surface area contributed by atoms with E-state index in [0.717, 1.165) is 27.8 Å². The Morgan fingerprint density at radius 1 is 1.30 bits per heavy atom. The fourth-order valence-corrected chi connectivity index (χ4v) is 2.30. The van der Waals surface area contributed by atoms with Crippen LogP contribution in [0, 0.1) is 13.8 Å². The zero-order valence-electron chi connectivity index (χ0n) is 12.3. The topological polar surface area (TPSA) is 54.4 Å². The highest BCUT2D eigenvalue weighted by atomic mass is 16.5. The van der Waals surface area contributed by atoms with E-state index in [9.17, 15) is 5.11 Å². The van der Waals surface area contributed by atoms with Crippen LogP contribution in [0.15, 0.2) is 24.3 Å². The van der Waals surface area contributed by atoms with Crippen LogP contribution in [0.2, 0.25) is 0 Å². The van der Waals surface area contributed by atoms with Gasteiger partial charge in [-0.3, -0.25) is 4.98 Å². The van der Waals surface area contributed by atoms with Crippen molar-refractivity contribution in [3.05, 3.63) is 35.5 Å². The smallest absolute Gasteiger partial charge is 0.0790 e. The fraction of sp³-hybridized carbons (Fsp3) is 0.438. The van der Waals surface area contributed by atoms with Crippen molar-refractivity contribution in [1.82, 2.24) is 4.98 Å². The van der Waals surface area contributed by atoms with Crippen LogP contribution in [-0.4, -0.2) is 36.5 Å². The van der Waals surface area contributed by atoms with Crippen molar-refractivity contribution in [2.75, 3.05) is 25.6 Å². The molecule has 1 heterocycles. The number of nitrogens with zero attached hydrogens (tertiary/aromatic N) is 1. The van der Waals surface area contributed by atoms with Crippen molar-refractivity contribution < 1.29 is 9.84 Å². The molecule has 1 aromatic heterocycles. The summed E-state index contributed by atoms with van der Waals surface area (Å²) in [5, 5.41) is 14.2. The summed E-state index contributed by atoms with van der Waals surface area (Å²) in [6.07, 6.45) is 0.227. The van der Waals surface area contributed by atoms with Gasteiger partial charge in [-0.25, -0.2) is 0 Å². The lowest BCUT2D eigenvalue weighted by molar-refractivity contribution is 0.0615. The van der Waals surface area contributed by atoms with E-state index in [1.165, 1.54) is 0 Å². The van der Waals surface area contributed by atoms with Crippen LogP contribution >= 0.6 is 0 Å². The van der Waals surface area contributed by atoms with Crippen LogP contribution < -0.4 is 5.32 Å². The minimum Gasteiger partial charge on any atom is -0.391 e. The standard InChI is InChI=1S/C16H22N2O2/c1-11-12(2)18-15-7-5-4-6-14(15)16(11)17-9-8-13(19)10-20-3/h4-7,13,19H,8-10H2,1-3H3,(H,17,18)/t13-/m0/s1. The number of rotatable bonds is 6. The number of hydrogen-bond donors (Lipinski definition) is 2. The third-order valence-electron chi connectivity index (χ3n) is 3.52. The van der Waals surface area contributed by atoms with Gasteiger partial charge in [-0.05, 0) is 31.9 Å². The van der Waals surface area contributed by atoms with Gasteiger partial charge in [0.2, 0.25) is 0 Å². The second kappa shape index (κ2) is 6.68. The molecule has 0 radical (unpaired) electrons. The molecule has 0 amide bonds. The molecule has 0 bridgehead atoms. The Kier molecular flexibility index (Phi) is 4.93. The summed E-state index contributed by atoms with van der Waals surface area (Å²) in [6, 6.07) is 8.11. The number of fused-ring (bicyclic) bond motifs is 1. The van der Waals surface area contributed by atoms with E-state index >= 15 is 0 Å². The van der Waals surface area contributed by atoms with E-state index in [1.807, 2.05) is 25.1 Å². The van der Waals surface area contributed by atoms with Gasteiger partial charge in [-0.2, -0.15) is 0 Å². The summed E-state index contributed by atoms with van der Waals surface area (Å²) in [6.45, 7) is 5.17. The normalized spacial score (nSPS) is 12.6. The van der Waals surface area contributed by atoms with Crippen molar-refractivity contribution in [2.24, 2.45) is 0 Å². The molecule has 2 aromatic rings. The molecule has 2 N–H and O–H groups in total. The molecule has 0 saturated heterocycles. The zero-order valence-corrected chi connectivity index (χ0v) is 12.3. The van der Waals surface area contributed by atoms with Crippen molar-refractivity contribution in [1.29, 1.82) is 0 Å². The molecular weight excluding hydrogens is 252 g/mol. The molecule has 0 spiro atoms. The summed E-state index contributed by atoms with van der Waals surface area (Å²) >= 11 is 0. The molecule has 0 aliphatic rings. The number of anilines is 1. The number of ether oxygens (including phenoxy) is 1. The first kappa shape index (κ1) is 14.8. The number of benzene rings is 1. The molecular formula is C16H22N2O2. The number of aliphatic hydroxyl groups is 1. The van der Waals surface area contributed by atoms with Gasteiger partial charge in [0.15, 0.2) is 0 Å². The van der Waals surface area contributed by atoms with E-state index in [2.05, 4.69) is 23.3 Å². The van der Waals surface area contributed by atoms with Crippen LogP contribution in [0.3, 0.4) is 0 Å². The number of aromatic nitrogens is 1. The number of methoxy groups -OCH3 is 1. The maximum Gasteiger partial charge on any atom is 0.0790 e. The summed E-state index contributed by atoms with van der Waals surface area (Å²) < 4.78 is 4.93. The summed E-state index contributed by atoms with van der Waals surface area (Å²) in [5.41, 5.74) is 4.29. The van der Waals surface area contributed by atoms with Crippen molar-refractivity contribution in [3.63, 3.8) is 0 Å². The molecule has 4 heteroatoms. The van der Waals surface area contributed by atoms with Crippen molar-refractivity contribution in [3.8, 4) is 0 Å². The molecule has 2 rings (SSSR count). The minimum atomic E-state index is -0.429. The molecule has 20 heavy (non-hydrogen) atoms. The van der Waals surface area contributed by atoms with E-state index in [4.69, 9.17) is 4.74 Å². The molecule has 0 saturated carbocycles. The Hall–Kier alpha value is -1.65. The highest BCUT2D eigenvalue weighted by molar-refractivity contribution is 5.93. The Morgan fingerprint density at radius 3 is 2.80 bits per heavy atom. The molecule has 1 atom stereocenters. The lowest BCUT2D eigenvalue weighted by Crippen LogP contribution is -2.18. The number of pyridine rings is 1. The monoisotopic (exact) mass is 274 g/mol. The third kappa shape index (κ3) is 3.26. The van der Waals surface area contributed by atoms with Crippen molar-refractivity contribution in [2.45, 2.75) is 26.4 Å². The molecule has 0 fully saturated rings. The summed E-state index contributed by atoms with van der Waals surface area (Å²) in [4.78, 5) is 4.60. The second-order valence-electron chi connectivity index (χ2n) is 5.04. The van der Waals surface area contributed by atoms with Crippen LogP contribution in [0.5, 0.6) is 0 Å². The average Bonchev–Trinajstić information content (AvgIpc) is 2.43. The number of hydrogen-bond acceptors (Lipinski definition) is 4. The van der Waals surface area contributed by atoms with Gasteiger partial charge in [0.25, 0.3) is 0 Å². The molecule has 1 aromatic carbocycles. The predicted octanol–water partition coefficient (Wildman–Crippen LogP) is 2.66. The molecule has 108 valence electrons. The Balaban J connectivity index is 2.18. The maximum absolute atomic E-state index is 9.69. The van der Waals surface area contributed by atoms with E-state index in [1.54, 1.807) is 7.11 Å². The highest BCUT2D eigenvalue weighted by Gasteiger charge is 2.09. The maximum atomic E-state index is 9.69. The number of aryl methyl sites for hydroxylation is 1. The van der Waals surface area contributed by atoms with E-state index < -0.39 is 6.10 Å². The lowest BCUT2D eigenvalue weighted by Gasteiger charge is -2.16. The Morgan fingerprint density at radius 2 is 2.05 bits per heavy atom. The van der Waals surface area contributed by atoms with E-state index in [-0.39, 0.29) is 0 Å². The van der Waals surface area contributed by atoms with Crippen LogP contribution in [-0.2, 0) is 4.74 Å². The van der Waals surface area contributed by atoms with Gasteiger partial charge in [0.1, 0.15) is 0 Å². The minimum absolute atomic E-state index is 0.372. The second-order valence-corrected chi connectivity index (χ2v) is 5.04. The van der Waals surface area contributed by atoms with Crippen LogP contribution in [0.25, 0.3) is 10.9 Å². The molecule has 0 unspecified atom stereocenters. The quantitative estimate of drug-likeness (QED) is 0.850. The third-order valence-corrected chi connectivity index (χ3v) is 3.52. The fourth-order valence-electron chi connectivity index (χ4n) is 2.30. The average molecular weight is 274 g/mol. The number of para-hydroxylation sites is 1. The van der Waals surface area contributed by atoms with Gasteiger partial charge < -0.3 is 15.2 Å². The predicted molar refractivity (Wildman–Crippen MR) is 82.2 cm³/mol. The first-order chi connectivity index (χ1) is 9.63. The van der Waals surface area contributed by atoms with Crippen molar-refractivity contribution >= 4 is 16.6 Å². The zero-order chi connectivity index (χ0) is 14.5. The number of aliphatic hydroxyl groups excluding tert-OH is 1. The van der Waals surface area contributed by atoms with Crippen LogP contribution in [0.1, 0.15) is 17.7 Å². The Bertz CT molecular complexity index is 584. The first-order valence-corrected chi connectivity index (χ1v) is 6.90. The summed E-state index contributed by atoms with van der Waals surface area (Å²) in [5.74, 6) is 0. The van der Waals surface area contributed by atoms with E-state index in [0.29, 0.717) is 19.6 Å². The van der Waals surface area contributed by atoms with Gasteiger partial charge in [0.05, 0.1) is 18.2 Å². The van der Waals surface area contributed by atoms with Gasteiger partial charge in [-0.15, -0.1) is 0 Å². The SMILES string of the molecule is COC[C@@H](O)CCNc1c(C)c(C)nc2ccccc12. The van der Waals surface area contributed by atoms with Gasteiger partial charge in [-0.1, -0.05) is 18.2 Å². The first-order valence-electron chi connectivity index (χ1n) is 6.90. The van der Waals surface area contributed by atoms with Gasteiger partial charge >= 0.3 is 0 Å².